The van der Waals surface area contributed by atoms with E-state index in [1.54, 1.807) is 0 Å². The first-order chi connectivity index (χ1) is 17.2. The number of anilines is 1. The van der Waals surface area contributed by atoms with E-state index in [0.717, 1.165) is 39.7 Å². The predicted octanol–water partition coefficient (Wildman–Crippen LogP) is 6.41. The fraction of sp³-hybridized carbons (Fsp3) is 0.207. The van der Waals surface area contributed by atoms with Crippen LogP contribution in [0.2, 0.25) is 0 Å². The third-order valence-corrected chi connectivity index (χ3v) is 6.15. The molecule has 4 aromatic rings. The minimum atomic E-state index is -0.282. The molecule has 0 spiro atoms. The van der Waals surface area contributed by atoms with Crippen LogP contribution < -0.4 is 14.8 Å². The Bertz CT molecular complexity index is 1300. The molecule has 5 rings (SSSR count). The van der Waals surface area contributed by atoms with Gasteiger partial charge in [0.25, 0.3) is 0 Å². The van der Waals surface area contributed by atoms with Crippen molar-refractivity contribution in [1.29, 1.82) is 0 Å². The minimum Gasteiger partial charge on any atom is -0.494 e. The summed E-state index contributed by atoms with van der Waals surface area (Å²) in [5.74, 6) is 1.59. The fourth-order valence-corrected chi connectivity index (χ4v) is 4.60. The molecule has 1 aromatic heterocycles. The van der Waals surface area contributed by atoms with E-state index in [-0.39, 0.29) is 12.1 Å². The van der Waals surface area contributed by atoms with Gasteiger partial charge >= 0.3 is 6.03 Å². The zero-order valence-electron chi connectivity index (χ0n) is 20.0. The summed E-state index contributed by atoms with van der Waals surface area (Å²) in [6.07, 6.45) is 2.06. The van der Waals surface area contributed by atoms with Crippen molar-refractivity contribution in [3.05, 3.63) is 108 Å². The minimum absolute atomic E-state index is 0.169. The molecular weight excluding hydrogens is 438 g/mol. The van der Waals surface area contributed by atoms with E-state index in [1.807, 2.05) is 85.5 Å². The van der Waals surface area contributed by atoms with Gasteiger partial charge in [-0.1, -0.05) is 30.3 Å². The molecule has 0 bridgehead atoms. The van der Waals surface area contributed by atoms with Crippen molar-refractivity contribution in [2.45, 2.75) is 26.4 Å². The molecule has 2 amide bonds. The molecule has 6 nitrogen and oxygen atoms in total. The molecule has 0 radical (unpaired) electrons. The molecule has 0 aliphatic carbocycles. The largest absolute Gasteiger partial charge is 0.494 e. The van der Waals surface area contributed by atoms with Crippen molar-refractivity contribution in [2.24, 2.45) is 0 Å². The van der Waals surface area contributed by atoms with Crippen LogP contribution in [-0.2, 0) is 6.54 Å². The first-order valence-electron chi connectivity index (χ1n) is 12.0. The van der Waals surface area contributed by atoms with Crippen LogP contribution in [0.3, 0.4) is 0 Å². The number of hydrogen-bond acceptors (Lipinski definition) is 3. The van der Waals surface area contributed by atoms with Crippen LogP contribution in [0.25, 0.3) is 5.69 Å². The summed E-state index contributed by atoms with van der Waals surface area (Å²) in [7, 11) is 0. The van der Waals surface area contributed by atoms with Crippen LogP contribution in [0.5, 0.6) is 11.5 Å². The number of amides is 2. The Morgan fingerprint density at radius 2 is 1.51 bits per heavy atom. The highest BCUT2D eigenvalue weighted by atomic mass is 16.5. The molecule has 1 N–H and O–H groups in total. The summed E-state index contributed by atoms with van der Waals surface area (Å²) in [6.45, 7) is 5.60. The van der Waals surface area contributed by atoms with Crippen LogP contribution in [0, 0.1) is 0 Å². The van der Waals surface area contributed by atoms with Crippen molar-refractivity contribution in [2.75, 3.05) is 18.5 Å². The van der Waals surface area contributed by atoms with Crippen LogP contribution in [0.4, 0.5) is 10.5 Å². The molecule has 1 aliphatic rings. The Morgan fingerprint density at radius 3 is 2.20 bits per heavy atom. The number of para-hydroxylation sites is 1. The normalized spacial score (nSPS) is 14.5. The van der Waals surface area contributed by atoms with E-state index in [2.05, 4.69) is 34.3 Å². The van der Waals surface area contributed by atoms with Crippen molar-refractivity contribution in [3.8, 4) is 17.2 Å². The Labute approximate surface area is 205 Å². The highest BCUT2D eigenvalue weighted by Crippen LogP contribution is 2.37. The second-order valence-corrected chi connectivity index (χ2v) is 8.35. The van der Waals surface area contributed by atoms with E-state index in [0.29, 0.717) is 19.8 Å². The van der Waals surface area contributed by atoms with E-state index < -0.39 is 0 Å². The lowest BCUT2D eigenvalue weighted by molar-refractivity contribution is 0.194. The SMILES string of the molecule is CCOc1ccc(NC(=O)N2Cc3ccccc3-n3cccc3[C@H]2c2ccc(OCC)cc2)cc1. The number of benzene rings is 3. The molecule has 1 atom stereocenters. The molecule has 0 fully saturated rings. The van der Waals surface area contributed by atoms with Gasteiger partial charge in [-0.15, -0.1) is 0 Å². The van der Waals surface area contributed by atoms with Crippen molar-refractivity contribution < 1.29 is 14.3 Å². The molecule has 1 aliphatic heterocycles. The summed E-state index contributed by atoms with van der Waals surface area (Å²) < 4.78 is 13.4. The van der Waals surface area contributed by atoms with E-state index >= 15 is 0 Å². The molecule has 0 saturated carbocycles. The number of hydrogen-bond donors (Lipinski definition) is 1. The summed E-state index contributed by atoms with van der Waals surface area (Å²) >= 11 is 0. The molecule has 0 unspecified atom stereocenters. The third kappa shape index (κ3) is 4.60. The molecule has 2 heterocycles. The van der Waals surface area contributed by atoms with Crippen LogP contribution in [0.1, 0.15) is 36.7 Å². The highest BCUT2D eigenvalue weighted by Gasteiger charge is 2.33. The summed E-state index contributed by atoms with van der Waals surface area (Å²) in [5, 5.41) is 3.09. The molecule has 3 aromatic carbocycles. The average molecular weight is 468 g/mol. The van der Waals surface area contributed by atoms with Crippen LogP contribution in [0.15, 0.2) is 91.1 Å². The van der Waals surface area contributed by atoms with Crippen molar-refractivity contribution in [3.63, 3.8) is 0 Å². The van der Waals surface area contributed by atoms with Gasteiger partial charge in [0, 0.05) is 17.6 Å². The van der Waals surface area contributed by atoms with Gasteiger partial charge in [-0.2, -0.15) is 0 Å². The van der Waals surface area contributed by atoms with Gasteiger partial charge in [0.1, 0.15) is 11.5 Å². The zero-order valence-corrected chi connectivity index (χ0v) is 20.0. The molecule has 35 heavy (non-hydrogen) atoms. The van der Waals surface area contributed by atoms with Crippen molar-refractivity contribution in [1.82, 2.24) is 9.47 Å². The lowest BCUT2D eigenvalue weighted by Gasteiger charge is -2.31. The number of aromatic nitrogens is 1. The first kappa shape index (κ1) is 22.6. The topological polar surface area (TPSA) is 55.7 Å². The van der Waals surface area contributed by atoms with Gasteiger partial charge in [0.15, 0.2) is 0 Å². The number of urea groups is 1. The van der Waals surface area contributed by atoms with Crippen LogP contribution in [-0.4, -0.2) is 28.7 Å². The monoisotopic (exact) mass is 467 g/mol. The van der Waals surface area contributed by atoms with Crippen molar-refractivity contribution >= 4 is 11.7 Å². The second kappa shape index (κ2) is 9.97. The van der Waals surface area contributed by atoms with Gasteiger partial charge in [-0.05, 0) is 79.6 Å². The number of nitrogens with zero attached hydrogens (tertiary/aromatic N) is 2. The predicted molar refractivity (Wildman–Crippen MR) is 137 cm³/mol. The quantitative estimate of drug-likeness (QED) is 0.356. The Kier molecular flexibility index (Phi) is 6.44. The lowest BCUT2D eigenvalue weighted by atomic mass is 10.0. The molecule has 0 saturated heterocycles. The second-order valence-electron chi connectivity index (χ2n) is 8.35. The van der Waals surface area contributed by atoms with Crippen LogP contribution >= 0.6 is 0 Å². The number of carbonyl (C=O) groups is 1. The highest BCUT2D eigenvalue weighted by molar-refractivity contribution is 5.90. The maximum absolute atomic E-state index is 13.8. The maximum atomic E-state index is 13.8. The standard InChI is InChI=1S/C29H29N3O3/c1-3-34-24-15-11-21(12-16-24)28-27-10-7-19-31(27)26-9-6-5-8-22(26)20-32(28)29(33)30-23-13-17-25(18-14-23)35-4-2/h5-19,28H,3-4,20H2,1-2H3,(H,30,33)/t28-/m1/s1. The summed E-state index contributed by atoms with van der Waals surface area (Å²) in [4.78, 5) is 15.7. The van der Waals surface area contributed by atoms with Gasteiger partial charge in [-0.25, -0.2) is 4.79 Å². The summed E-state index contributed by atoms with van der Waals surface area (Å²) in [6, 6.07) is 27.4. The number of fused-ring (bicyclic) bond motifs is 3. The van der Waals surface area contributed by atoms with Gasteiger partial charge < -0.3 is 24.3 Å². The number of rotatable bonds is 6. The first-order valence-corrected chi connectivity index (χ1v) is 12.0. The van der Waals surface area contributed by atoms with E-state index in [1.165, 1.54) is 0 Å². The lowest BCUT2D eigenvalue weighted by Crippen LogP contribution is -2.37. The molecule has 6 heteroatoms. The number of ether oxygens (including phenoxy) is 2. The Balaban J connectivity index is 1.54. The summed E-state index contributed by atoms with van der Waals surface area (Å²) in [5.41, 5.74) is 4.93. The Morgan fingerprint density at radius 1 is 0.857 bits per heavy atom. The molecule has 178 valence electrons. The average Bonchev–Trinajstić information content (AvgIpc) is 3.30. The van der Waals surface area contributed by atoms with E-state index in [4.69, 9.17) is 9.47 Å². The Hall–Kier alpha value is -4.19. The maximum Gasteiger partial charge on any atom is 0.322 e. The number of carbonyl (C=O) groups excluding carboxylic acids is 1. The smallest absolute Gasteiger partial charge is 0.322 e. The third-order valence-electron chi connectivity index (χ3n) is 6.15. The van der Waals surface area contributed by atoms with Gasteiger partial charge in [0.05, 0.1) is 31.5 Å². The molecular formula is C29H29N3O3. The van der Waals surface area contributed by atoms with Gasteiger partial charge in [-0.3, -0.25) is 0 Å². The zero-order chi connectivity index (χ0) is 24.2. The number of nitrogens with one attached hydrogen (secondary N) is 1. The van der Waals surface area contributed by atoms with Gasteiger partial charge in [0.2, 0.25) is 0 Å². The van der Waals surface area contributed by atoms with E-state index in [9.17, 15) is 4.79 Å². The fourth-order valence-electron chi connectivity index (χ4n) is 4.60.